The molecule has 0 spiro atoms. The van der Waals surface area contributed by atoms with E-state index < -0.39 is 0 Å². The van der Waals surface area contributed by atoms with Crippen molar-refractivity contribution in [1.82, 2.24) is 9.13 Å². The van der Waals surface area contributed by atoms with Crippen LogP contribution in [0.25, 0.3) is 111 Å². The molecule has 0 amide bonds. The Labute approximate surface area is 378 Å². The number of aromatic nitrogens is 2. The van der Waals surface area contributed by atoms with E-state index in [2.05, 4.69) is 254 Å². The summed E-state index contributed by atoms with van der Waals surface area (Å²) in [7, 11) is 0. The quantitative estimate of drug-likeness (QED) is 0.158. The van der Waals surface area contributed by atoms with E-state index in [1.165, 1.54) is 116 Å². The Hall–Kier alpha value is -8.20. The molecule has 1 aliphatic carbocycles. The molecular formula is C63H44N2. The molecule has 1 aliphatic rings. The third kappa shape index (κ3) is 5.88. The monoisotopic (exact) mass is 828 g/mol. The largest absolute Gasteiger partial charge is 0.309 e. The first-order valence-corrected chi connectivity index (χ1v) is 22.7. The molecule has 306 valence electrons. The molecule has 2 aromatic heterocycles. The van der Waals surface area contributed by atoms with Gasteiger partial charge in [-0.2, -0.15) is 0 Å². The smallest absolute Gasteiger partial charge is 0.0541 e. The van der Waals surface area contributed by atoms with Crippen LogP contribution in [0, 0.1) is 0 Å². The van der Waals surface area contributed by atoms with E-state index in [0.29, 0.717) is 0 Å². The minimum absolute atomic E-state index is 0.0814. The van der Waals surface area contributed by atoms with Gasteiger partial charge in [-0.25, -0.2) is 0 Å². The van der Waals surface area contributed by atoms with E-state index in [0.717, 1.165) is 5.69 Å². The number of hydrogen-bond acceptors (Lipinski definition) is 0. The van der Waals surface area contributed by atoms with Crippen molar-refractivity contribution >= 4 is 43.6 Å². The second-order valence-electron chi connectivity index (χ2n) is 18.1. The van der Waals surface area contributed by atoms with Gasteiger partial charge < -0.3 is 9.13 Å². The van der Waals surface area contributed by atoms with Crippen molar-refractivity contribution in [3.63, 3.8) is 0 Å². The van der Waals surface area contributed by atoms with Crippen molar-refractivity contribution in [2.45, 2.75) is 19.3 Å². The molecule has 0 unspecified atom stereocenters. The highest BCUT2D eigenvalue weighted by Gasteiger charge is 2.35. The lowest BCUT2D eigenvalue weighted by Gasteiger charge is -2.22. The lowest BCUT2D eigenvalue weighted by Crippen LogP contribution is -2.15. The summed E-state index contributed by atoms with van der Waals surface area (Å²) in [5, 5.41) is 4.99. The highest BCUT2D eigenvalue weighted by Crippen LogP contribution is 2.50. The molecule has 2 heterocycles. The van der Waals surface area contributed by atoms with Crippen molar-refractivity contribution < 1.29 is 0 Å². The molecule has 2 nitrogen and oxygen atoms in total. The van der Waals surface area contributed by atoms with E-state index >= 15 is 0 Å². The van der Waals surface area contributed by atoms with Gasteiger partial charge in [0, 0.05) is 38.3 Å². The van der Waals surface area contributed by atoms with Gasteiger partial charge in [-0.05, 0) is 146 Å². The van der Waals surface area contributed by atoms with E-state index in [9.17, 15) is 0 Å². The van der Waals surface area contributed by atoms with Crippen LogP contribution in [0.4, 0.5) is 0 Å². The minimum atomic E-state index is -0.0814. The molecule has 0 atom stereocenters. The minimum Gasteiger partial charge on any atom is -0.309 e. The maximum atomic E-state index is 2.46. The molecule has 12 aromatic rings. The molecule has 0 bridgehead atoms. The Morgan fingerprint density at radius 1 is 0.262 bits per heavy atom. The van der Waals surface area contributed by atoms with Gasteiger partial charge in [-0.15, -0.1) is 0 Å². The highest BCUT2D eigenvalue weighted by molar-refractivity contribution is 6.12. The maximum Gasteiger partial charge on any atom is 0.0541 e. The van der Waals surface area contributed by atoms with Crippen LogP contribution in [-0.4, -0.2) is 9.13 Å². The average Bonchev–Trinajstić information content (AvgIpc) is 3.96. The molecule has 0 saturated carbocycles. The van der Waals surface area contributed by atoms with Gasteiger partial charge in [0.15, 0.2) is 0 Å². The van der Waals surface area contributed by atoms with Crippen LogP contribution in [0.5, 0.6) is 0 Å². The number of nitrogens with zero attached hydrogens (tertiary/aromatic N) is 2. The first-order valence-electron chi connectivity index (χ1n) is 22.7. The number of hydrogen-bond donors (Lipinski definition) is 0. The molecule has 0 N–H and O–H groups in total. The lowest BCUT2D eigenvalue weighted by molar-refractivity contribution is 0.660. The standard InChI is InChI=1S/C63H44N2/c1-63(2)57-22-12-9-19-51(57)52-32-31-50(40-58(52)63)65-60-24-14-11-21-54(60)56-39-45(30-34-62(56)65)48-36-46(43-27-25-42(26-28-43)41-15-5-3-6-16-41)35-47(37-48)44-29-33-61-55(38-44)53-20-10-13-23-59(53)64(61)49-17-7-4-8-18-49/h3-40H,1-2H3. The van der Waals surface area contributed by atoms with Crippen molar-refractivity contribution in [2.75, 3.05) is 0 Å². The summed E-state index contributed by atoms with van der Waals surface area (Å²) in [5.41, 5.74) is 22.1. The molecular weight excluding hydrogens is 785 g/mol. The van der Waals surface area contributed by atoms with Crippen LogP contribution in [0.2, 0.25) is 0 Å². The highest BCUT2D eigenvalue weighted by atomic mass is 15.0. The van der Waals surface area contributed by atoms with Gasteiger partial charge in [0.1, 0.15) is 0 Å². The summed E-state index contributed by atoms with van der Waals surface area (Å²) in [6.45, 7) is 4.72. The van der Waals surface area contributed by atoms with Crippen molar-refractivity contribution in [1.29, 1.82) is 0 Å². The summed E-state index contributed by atoms with van der Waals surface area (Å²) < 4.78 is 4.85. The summed E-state index contributed by atoms with van der Waals surface area (Å²) in [6, 6.07) is 85.2. The molecule has 0 fully saturated rings. The SMILES string of the molecule is CC1(C)c2ccccc2-c2ccc(-n3c4ccccc4c4cc(-c5cc(-c6ccc(-c7ccccc7)cc6)cc(-c6ccc7c(c6)c6ccccc6n7-c6ccccc6)c5)ccc43)cc21. The third-order valence-corrected chi connectivity index (χ3v) is 14.1. The van der Waals surface area contributed by atoms with Crippen molar-refractivity contribution in [3.05, 3.63) is 242 Å². The fourth-order valence-corrected chi connectivity index (χ4v) is 10.9. The van der Waals surface area contributed by atoms with Crippen molar-refractivity contribution in [3.8, 4) is 67.0 Å². The normalized spacial score (nSPS) is 12.9. The van der Waals surface area contributed by atoms with Gasteiger partial charge in [-0.3, -0.25) is 0 Å². The summed E-state index contributed by atoms with van der Waals surface area (Å²) in [4.78, 5) is 0. The first kappa shape index (κ1) is 37.4. The van der Waals surface area contributed by atoms with Gasteiger partial charge in [0.2, 0.25) is 0 Å². The average molecular weight is 829 g/mol. The van der Waals surface area contributed by atoms with Crippen LogP contribution in [0.15, 0.2) is 231 Å². The fraction of sp³-hybridized carbons (Fsp3) is 0.0476. The Bertz CT molecular complexity index is 3830. The zero-order valence-electron chi connectivity index (χ0n) is 36.3. The van der Waals surface area contributed by atoms with Gasteiger partial charge in [0.25, 0.3) is 0 Å². The Balaban J connectivity index is 0.981. The van der Waals surface area contributed by atoms with Crippen LogP contribution in [0.1, 0.15) is 25.0 Å². The maximum absolute atomic E-state index is 2.46. The van der Waals surface area contributed by atoms with Gasteiger partial charge in [-0.1, -0.05) is 166 Å². The molecule has 13 rings (SSSR count). The molecule has 10 aromatic carbocycles. The van der Waals surface area contributed by atoms with Crippen LogP contribution in [0.3, 0.4) is 0 Å². The molecule has 0 aliphatic heterocycles. The third-order valence-electron chi connectivity index (χ3n) is 14.1. The van der Waals surface area contributed by atoms with Gasteiger partial charge in [0.05, 0.1) is 22.1 Å². The second-order valence-corrected chi connectivity index (χ2v) is 18.1. The topological polar surface area (TPSA) is 9.86 Å². The van der Waals surface area contributed by atoms with Crippen LogP contribution >= 0.6 is 0 Å². The number of benzene rings is 10. The van der Waals surface area contributed by atoms with Crippen molar-refractivity contribution in [2.24, 2.45) is 0 Å². The Morgan fingerprint density at radius 2 is 0.692 bits per heavy atom. The number of fused-ring (bicyclic) bond motifs is 9. The Morgan fingerprint density at radius 3 is 1.31 bits per heavy atom. The predicted octanol–water partition coefficient (Wildman–Crippen LogP) is 16.9. The van der Waals surface area contributed by atoms with Crippen LogP contribution in [-0.2, 0) is 5.41 Å². The number of para-hydroxylation sites is 3. The van der Waals surface area contributed by atoms with E-state index in [1.807, 2.05) is 0 Å². The lowest BCUT2D eigenvalue weighted by atomic mass is 9.82. The molecule has 0 saturated heterocycles. The van der Waals surface area contributed by atoms with Crippen LogP contribution < -0.4 is 0 Å². The van der Waals surface area contributed by atoms with E-state index in [-0.39, 0.29) is 5.41 Å². The molecule has 65 heavy (non-hydrogen) atoms. The van der Waals surface area contributed by atoms with E-state index in [4.69, 9.17) is 0 Å². The van der Waals surface area contributed by atoms with E-state index in [1.54, 1.807) is 0 Å². The molecule has 2 heteroatoms. The summed E-state index contributed by atoms with van der Waals surface area (Å²) >= 11 is 0. The summed E-state index contributed by atoms with van der Waals surface area (Å²) in [6.07, 6.45) is 0. The second kappa shape index (κ2) is 14.4. The zero-order valence-corrected chi connectivity index (χ0v) is 36.3. The Kier molecular flexibility index (Phi) is 8.29. The molecule has 0 radical (unpaired) electrons. The fourth-order valence-electron chi connectivity index (χ4n) is 10.9. The summed E-state index contributed by atoms with van der Waals surface area (Å²) in [5.74, 6) is 0. The predicted molar refractivity (Wildman–Crippen MR) is 274 cm³/mol. The van der Waals surface area contributed by atoms with Gasteiger partial charge >= 0.3 is 0 Å². The first-order chi connectivity index (χ1) is 32.0. The number of rotatable bonds is 6. The zero-order chi connectivity index (χ0) is 43.2.